The molecule has 24 heavy (non-hydrogen) atoms. The highest BCUT2D eigenvalue weighted by molar-refractivity contribution is 6.00. The Balaban J connectivity index is 1.62. The van der Waals surface area contributed by atoms with Crippen molar-refractivity contribution >= 4 is 5.91 Å². The Bertz CT molecular complexity index is 801. The fourth-order valence-electron chi connectivity index (χ4n) is 2.45. The van der Waals surface area contributed by atoms with Crippen LogP contribution in [0.15, 0.2) is 66.7 Å². The number of nitrogens with zero attached hydrogens (tertiary/aromatic N) is 1. The molecule has 0 unspecified atom stereocenters. The summed E-state index contributed by atoms with van der Waals surface area (Å²) in [6, 6.07) is 21.1. The van der Waals surface area contributed by atoms with Gasteiger partial charge in [-0.1, -0.05) is 30.3 Å². The van der Waals surface area contributed by atoms with Crippen LogP contribution in [0.3, 0.4) is 0 Å². The predicted octanol–water partition coefficient (Wildman–Crippen LogP) is 4.07. The average Bonchev–Trinajstić information content (AvgIpc) is 2.93. The molecule has 4 nitrogen and oxygen atoms in total. The minimum atomic E-state index is -0.146. The summed E-state index contributed by atoms with van der Waals surface area (Å²) in [6.45, 7) is 4.41. The van der Waals surface area contributed by atoms with Crippen LogP contribution in [0.4, 0.5) is 0 Å². The van der Waals surface area contributed by atoms with Crippen LogP contribution in [0.1, 0.15) is 27.3 Å². The second-order valence-corrected chi connectivity index (χ2v) is 5.69. The summed E-state index contributed by atoms with van der Waals surface area (Å²) in [4.78, 5) is 12.3. The first kappa shape index (κ1) is 15.9. The molecule has 0 spiro atoms. The van der Waals surface area contributed by atoms with Gasteiger partial charge < -0.3 is 4.74 Å². The first-order valence-electron chi connectivity index (χ1n) is 7.86. The third-order valence-electron chi connectivity index (χ3n) is 3.85. The maximum absolute atomic E-state index is 12.3. The highest BCUT2D eigenvalue weighted by Crippen LogP contribution is 2.15. The van der Waals surface area contributed by atoms with E-state index in [4.69, 9.17) is 4.74 Å². The molecule has 3 rings (SSSR count). The Morgan fingerprint density at radius 3 is 2.17 bits per heavy atom. The van der Waals surface area contributed by atoms with Crippen molar-refractivity contribution in [3.8, 4) is 5.75 Å². The van der Waals surface area contributed by atoms with Crippen molar-refractivity contribution < 1.29 is 9.53 Å². The summed E-state index contributed by atoms with van der Waals surface area (Å²) >= 11 is 0. The number of amides is 1. The molecule has 0 fully saturated rings. The van der Waals surface area contributed by atoms with Gasteiger partial charge in [-0.3, -0.25) is 14.9 Å². The van der Waals surface area contributed by atoms with Crippen LogP contribution >= 0.6 is 0 Å². The van der Waals surface area contributed by atoms with E-state index in [1.165, 1.54) is 0 Å². The van der Waals surface area contributed by atoms with Crippen LogP contribution in [0.2, 0.25) is 0 Å². The van der Waals surface area contributed by atoms with Crippen LogP contribution in [-0.4, -0.2) is 10.6 Å². The smallest absolute Gasteiger partial charge is 0.270 e. The zero-order chi connectivity index (χ0) is 16.9. The first-order valence-corrected chi connectivity index (χ1v) is 7.86. The number of nitrogens with one attached hydrogen (secondary N) is 1. The van der Waals surface area contributed by atoms with Crippen LogP contribution in [0.5, 0.6) is 5.75 Å². The number of ether oxygens (including phenoxy) is 1. The molecule has 0 bridgehead atoms. The zero-order valence-electron chi connectivity index (χ0n) is 13.8. The second kappa shape index (κ2) is 7.04. The summed E-state index contributed by atoms with van der Waals surface area (Å²) in [6.07, 6.45) is 0. The molecule has 1 amide bonds. The molecule has 4 heteroatoms. The lowest BCUT2D eigenvalue weighted by Gasteiger charge is -2.12. The van der Waals surface area contributed by atoms with Crippen molar-refractivity contribution in [3.63, 3.8) is 0 Å². The van der Waals surface area contributed by atoms with Crippen molar-refractivity contribution in [1.29, 1.82) is 0 Å². The SMILES string of the molecule is Cc1ccc(C)n1NC(=O)c1ccc(OCc2ccccc2)cc1. The minimum absolute atomic E-state index is 0.146. The van der Waals surface area contributed by atoms with E-state index in [1.807, 2.05) is 68.4 Å². The number of rotatable bonds is 5. The number of aromatic nitrogens is 1. The number of hydrogen-bond acceptors (Lipinski definition) is 2. The third kappa shape index (κ3) is 3.66. The number of carbonyl (C=O) groups excluding carboxylic acids is 1. The molecule has 2 aromatic carbocycles. The van der Waals surface area contributed by atoms with Gasteiger partial charge in [0.15, 0.2) is 0 Å². The molecule has 1 heterocycles. The first-order chi connectivity index (χ1) is 11.6. The normalized spacial score (nSPS) is 10.4. The molecule has 0 atom stereocenters. The van der Waals surface area contributed by atoms with E-state index in [0.29, 0.717) is 12.2 Å². The molecule has 1 N–H and O–H groups in total. The fourth-order valence-corrected chi connectivity index (χ4v) is 2.45. The lowest BCUT2D eigenvalue weighted by atomic mass is 10.2. The topological polar surface area (TPSA) is 43.3 Å². The number of hydrogen-bond donors (Lipinski definition) is 1. The van der Waals surface area contributed by atoms with E-state index in [-0.39, 0.29) is 5.91 Å². The van der Waals surface area contributed by atoms with E-state index in [2.05, 4.69) is 5.43 Å². The molecule has 0 radical (unpaired) electrons. The van der Waals surface area contributed by atoms with Crippen molar-refractivity contribution in [1.82, 2.24) is 4.68 Å². The summed E-state index contributed by atoms with van der Waals surface area (Å²) < 4.78 is 7.51. The molecule has 0 saturated carbocycles. The summed E-state index contributed by atoms with van der Waals surface area (Å²) in [5.41, 5.74) is 6.57. The maximum atomic E-state index is 12.3. The van der Waals surface area contributed by atoms with E-state index in [1.54, 1.807) is 16.8 Å². The molecule has 0 aliphatic carbocycles. The van der Waals surface area contributed by atoms with Gasteiger partial charge in [0.05, 0.1) is 0 Å². The molecule has 0 aliphatic heterocycles. The lowest BCUT2D eigenvalue weighted by Crippen LogP contribution is -2.24. The summed E-state index contributed by atoms with van der Waals surface area (Å²) in [5.74, 6) is 0.593. The predicted molar refractivity (Wildman–Crippen MR) is 94.8 cm³/mol. The molecular formula is C20H20N2O2. The van der Waals surface area contributed by atoms with Crippen molar-refractivity contribution in [3.05, 3.63) is 89.2 Å². The zero-order valence-corrected chi connectivity index (χ0v) is 13.8. The maximum Gasteiger partial charge on any atom is 0.270 e. The van der Waals surface area contributed by atoms with Gasteiger partial charge in [-0.05, 0) is 55.8 Å². The molecule has 122 valence electrons. The number of aryl methyl sites for hydroxylation is 2. The largest absolute Gasteiger partial charge is 0.489 e. The molecule has 0 saturated heterocycles. The van der Waals surface area contributed by atoms with Gasteiger partial charge in [0, 0.05) is 17.0 Å². The van der Waals surface area contributed by atoms with Crippen LogP contribution in [0, 0.1) is 13.8 Å². The molecule has 0 aliphatic rings. The van der Waals surface area contributed by atoms with E-state index >= 15 is 0 Å². The minimum Gasteiger partial charge on any atom is -0.489 e. The Hall–Kier alpha value is -3.01. The average molecular weight is 320 g/mol. The fraction of sp³-hybridized carbons (Fsp3) is 0.150. The van der Waals surface area contributed by atoms with Gasteiger partial charge in [-0.2, -0.15) is 0 Å². The van der Waals surface area contributed by atoms with Gasteiger partial charge >= 0.3 is 0 Å². The van der Waals surface area contributed by atoms with Crippen LogP contribution in [-0.2, 0) is 6.61 Å². The van der Waals surface area contributed by atoms with Gasteiger partial charge in [0.2, 0.25) is 0 Å². The standard InChI is InChI=1S/C20H20N2O2/c1-15-8-9-16(2)22(15)21-20(23)18-10-12-19(13-11-18)24-14-17-6-4-3-5-7-17/h3-13H,14H2,1-2H3,(H,21,23). The van der Waals surface area contributed by atoms with Crippen molar-refractivity contribution in [2.45, 2.75) is 20.5 Å². The molecule has 3 aromatic rings. The van der Waals surface area contributed by atoms with Crippen LogP contribution in [0.25, 0.3) is 0 Å². The van der Waals surface area contributed by atoms with E-state index in [0.717, 1.165) is 22.7 Å². The quantitative estimate of drug-likeness (QED) is 0.770. The van der Waals surface area contributed by atoms with Crippen LogP contribution < -0.4 is 10.2 Å². The lowest BCUT2D eigenvalue weighted by molar-refractivity contribution is 0.101. The summed E-state index contributed by atoms with van der Waals surface area (Å²) in [7, 11) is 0. The van der Waals surface area contributed by atoms with Gasteiger partial charge in [-0.15, -0.1) is 0 Å². The Labute approximate surface area is 141 Å². The highest BCUT2D eigenvalue weighted by Gasteiger charge is 2.09. The molecular weight excluding hydrogens is 300 g/mol. The van der Waals surface area contributed by atoms with E-state index < -0.39 is 0 Å². The third-order valence-corrected chi connectivity index (χ3v) is 3.85. The monoisotopic (exact) mass is 320 g/mol. The molecule has 1 aromatic heterocycles. The Morgan fingerprint density at radius 1 is 0.917 bits per heavy atom. The van der Waals surface area contributed by atoms with Crippen molar-refractivity contribution in [2.24, 2.45) is 0 Å². The van der Waals surface area contributed by atoms with E-state index in [9.17, 15) is 4.79 Å². The highest BCUT2D eigenvalue weighted by atomic mass is 16.5. The van der Waals surface area contributed by atoms with Crippen molar-refractivity contribution in [2.75, 3.05) is 5.43 Å². The Morgan fingerprint density at radius 2 is 1.54 bits per heavy atom. The van der Waals surface area contributed by atoms with Gasteiger partial charge in [0.25, 0.3) is 5.91 Å². The Kier molecular flexibility index (Phi) is 4.66. The second-order valence-electron chi connectivity index (χ2n) is 5.69. The van der Waals surface area contributed by atoms with Gasteiger partial charge in [-0.25, -0.2) is 0 Å². The van der Waals surface area contributed by atoms with Gasteiger partial charge in [0.1, 0.15) is 12.4 Å². The number of carbonyl (C=O) groups is 1. The summed E-state index contributed by atoms with van der Waals surface area (Å²) in [5, 5.41) is 0. The number of benzene rings is 2.